The maximum absolute atomic E-state index is 6.57. The average molecular weight is 511 g/mol. The first kappa shape index (κ1) is 23.8. The second kappa shape index (κ2) is 9.38. The Kier molecular flexibility index (Phi) is 5.88. The molecule has 0 amide bonds. The van der Waals surface area contributed by atoms with E-state index < -0.39 is 0 Å². The van der Waals surface area contributed by atoms with Gasteiger partial charge in [0, 0.05) is 16.6 Å². The first-order chi connectivity index (χ1) is 18.4. The molecule has 0 bridgehead atoms. The molecule has 6 rings (SSSR count). The van der Waals surface area contributed by atoms with E-state index in [1.807, 2.05) is 18.2 Å². The highest BCUT2D eigenvalue weighted by Crippen LogP contribution is 2.34. The van der Waals surface area contributed by atoms with Gasteiger partial charge in [-0.2, -0.15) is 10.1 Å². The predicted molar refractivity (Wildman–Crippen MR) is 149 cm³/mol. The Labute approximate surface area is 219 Å². The van der Waals surface area contributed by atoms with E-state index in [2.05, 4.69) is 42.0 Å². The Morgan fingerprint density at radius 1 is 1.16 bits per heavy atom. The summed E-state index contributed by atoms with van der Waals surface area (Å²) in [6, 6.07) is 13.9. The Morgan fingerprint density at radius 2 is 1.97 bits per heavy atom. The van der Waals surface area contributed by atoms with Crippen LogP contribution >= 0.6 is 0 Å². The van der Waals surface area contributed by atoms with Crippen molar-refractivity contribution in [3.8, 4) is 17.1 Å². The number of piperidine rings is 1. The lowest BCUT2D eigenvalue weighted by Gasteiger charge is -2.24. The van der Waals surface area contributed by atoms with E-state index in [4.69, 9.17) is 36.4 Å². The van der Waals surface area contributed by atoms with Crippen molar-refractivity contribution < 1.29 is 9.15 Å². The molecule has 1 fully saturated rings. The van der Waals surface area contributed by atoms with Gasteiger partial charge in [0.2, 0.25) is 5.88 Å². The molecule has 194 valence electrons. The molecule has 1 aliphatic rings. The highest BCUT2D eigenvalue weighted by molar-refractivity contribution is 5.90. The minimum Gasteiger partial charge on any atom is -0.474 e. The average Bonchev–Trinajstić information content (AvgIpc) is 3.42. The predicted octanol–water partition coefficient (Wildman–Crippen LogP) is 3.82. The van der Waals surface area contributed by atoms with Crippen molar-refractivity contribution in [1.82, 2.24) is 25.1 Å². The third kappa shape index (κ3) is 4.28. The van der Waals surface area contributed by atoms with Crippen LogP contribution in [0, 0.1) is 6.92 Å². The van der Waals surface area contributed by atoms with Crippen molar-refractivity contribution >= 4 is 39.4 Å². The van der Waals surface area contributed by atoms with Crippen LogP contribution in [0.15, 0.2) is 53.5 Å². The van der Waals surface area contributed by atoms with Crippen molar-refractivity contribution in [2.24, 2.45) is 5.73 Å². The van der Waals surface area contributed by atoms with Crippen LogP contribution in [0.5, 0.6) is 5.88 Å². The number of aromatic nitrogens is 4. The maximum atomic E-state index is 6.57. The summed E-state index contributed by atoms with van der Waals surface area (Å²) in [5, 5.41) is 10.3. The van der Waals surface area contributed by atoms with E-state index in [0.717, 1.165) is 53.5 Å². The van der Waals surface area contributed by atoms with Crippen molar-refractivity contribution in [1.29, 1.82) is 0 Å². The summed E-state index contributed by atoms with van der Waals surface area (Å²) in [5.41, 5.74) is 23.8. The molecule has 0 spiro atoms. The summed E-state index contributed by atoms with van der Waals surface area (Å²) in [6.07, 6.45) is 2.01. The first-order valence-electron chi connectivity index (χ1n) is 12.6. The topological polar surface area (TPSA) is 156 Å². The normalized spacial score (nSPS) is 14.3. The molecule has 2 aromatic carbocycles. The second-order valence-electron chi connectivity index (χ2n) is 9.69. The minimum atomic E-state index is 0.103. The van der Waals surface area contributed by atoms with Gasteiger partial charge < -0.3 is 31.7 Å². The Balaban J connectivity index is 1.41. The van der Waals surface area contributed by atoms with Gasteiger partial charge in [-0.3, -0.25) is 0 Å². The van der Waals surface area contributed by atoms with Gasteiger partial charge in [-0.25, -0.2) is 9.67 Å². The molecule has 0 atom stereocenters. The summed E-state index contributed by atoms with van der Waals surface area (Å²) in [5.74, 6) is 1.05. The van der Waals surface area contributed by atoms with Gasteiger partial charge in [0.15, 0.2) is 5.58 Å². The molecule has 0 aliphatic carbocycles. The molecule has 10 heteroatoms. The van der Waals surface area contributed by atoms with E-state index in [1.54, 1.807) is 10.7 Å². The smallest absolute Gasteiger partial charge is 0.292 e. The van der Waals surface area contributed by atoms with Crippen molar-refractivity contribution in [3.05, 3.63) is 65.9 Å². The van der Waals surface area contributed by atoms with Gasteiger partial charge in [-0.1, -0.05) is 24.8 Å². The summed E-state index contributed by atoms with van der Waals surface area (Å²) < 4.78 is 13.6. The maximum Gasteiger partial charge on any atom is 0.292 e. The number of nitrogens with two attached hydrogens (primary N) is 3. The molecular formula is C28H30N8O2. The zero-order valence-corrected chi connectivity index (χ0v) is 21.2. The highest BCUT2D eigenvalue weighted by Gasteiger charge is 2.22. The third-order valence-electron chi connectivity index (χ3n) is 6.95. The van der Waals surface area contributed by atoms with Crippen LogP contribution < -0.4 is 27.3 Å². The molecule has 7 N–H and O–H groups in total. The molecule has 4 heterocycles. The molecule has 38 heavy (non-hydrogen) atoms. The molecule has 5 aromatic rings. The van der Waals surface area contributed by atoms with Gasteiger partial charge in [0.1, 0.15) is 23.1 Å². The summed E-state index contributed by atoms with van der Waals surface area (Å²) in [6.45, 7) is 8.22. The lowest BCUT2D eigenvalue weighted by atomic mass is 10.1. The van der Waals surface area contributed by atoms with Gasteiger partial charge in [-0.15, -0.1) is 0 Å². The largest absolute Gasteiger partial charge is 0.474 e. The van der Waals surface area contributed by atoms with Crippen LogP contribution in [0.2, 0.25) is 0 Å². The first-order valence-corrected chi connectivity index (χ1v) is 12.6. The lowest BCUT2D eigenvalue weighted by Crippen LogP contribution is -2.34. The molecular weight excluding hydrogens is 480 g/mol. The highest BCUT2D eigenvalue weighted by atomic mass is 16.5. The number of anilines is 2. The number of oxazole rings is 1. The third-order valence-corrected chi connectivity index (χ3v) is 6.95. The number of ether oxygens (including phenoxy) is 1. The lowest BCUT2D eigenvalue weighted by molar-refractivity contribution is 0.158. The SMILES string of the molecule is C=C(N)c1c(-c2ccc3oc(N)nc3c2)nn(Cc2cc3cccc(C)c3c(OC3CCNCC3)n2)c1N. The molecule has 10 nitrogen and oxygen atoms in total. The number of benzene rings is 2. The van der Waals surface area contributed by atoms with E-state index in [1.165, 1.54) is 0 Å². The fourth-order valence-corrected chi connectivity index (χ4v) is 5.10. The number of nitrogens with zero attached hydrogens (tertiary/aromatic N) is 4. The van der Waals surface area contributed by atoms with E-state index in [0.29, 0.717) is 46.3 Å². The van der Waals surface area contributed by atoms with Gasteiger partial charge in [0.05, 0.1) is 17.8 Å². The number of rotatable bonds is 6. The summed E-state index contributed by atoms with van der Waals surface area (Å²) >= 11 is 0. The molecule has 1 aliphatic heterocycles. The van der Waals surface area contributed by atoms with Gasteiger partial charge in [-0.05, 0) is 68.1 Å². The standard InChI is InChI=1S/C28H30N8O2/c1-15-4-3-5-17-12-19(33-27(23(15)17)37-20-8-10-32-11-9-20)14-36-26(30)24(16(2)29)25(35-36)18-6-7-22-21(13-18)34-28(31)38-22/h3-7,12-13,20,32H,2,8-11,14,29-30H2,1H3,(H2,31,34). The molecule has 1 saturated heterocycles. The van der Waals surface area contributed by atoms with Crippen LogP contribution in [-0.4, -0.2) is 38.9 Å². The number of fused-ring (bicyclic) bond motifs is 2. The summed E-state index contributed by atoms with van der Waals surface area (Å²) in [4.78, 5) is 9.17. The molecule has 0 radical (unpaired) electrons. The van der Waals surface area contributed by atoms with E-state index >= 15 is 0 Å². The Bertz CT molecular complexity index is 1680. The summed E-state index contributed by atoms with van der Waals surface area (Å²) in [7, 11) is 0. The second-order valence-corrected chi connectivity index (χ2v) is 9.69. The number of nitrogens with one attached hydrogen (secondary N) is 1. The fraction of sp³-hybridized carbons (Fsp3) is 0.250. The number of aryl methyl sites for hydroxylation is 1. The fourth-order valence-electron chi connectivity index (χ4n) is 5.10. The van der Waals surface area contributed by atoms with Crippen LogP contribution in [0.3, 0.4) is 0 Å². The molecule has 0 unspecified atom stereocenters. The van der Waals surface area contributed by atoms with Gasteiger partial charge >= 0.3 is 0 Å². The molecule has 3 aromatic heterocycles. The zero-order chi connectivity index (χ0) is 26.4. The monoisotopic (exact) mass is 510 g/mol. The van der Waals surface area contributed by atoms with Crippen molar-refractivity contribution in [2.45, 2.75) is 32.4 Å². The number of hydrogen-bond donors (Lipinski definition) is 4. The van der Waals surface area contributed by atoms with Crippen molar-refractivity contribution in [3.63, 3.8) is 0 Å². The Morgan fingerprint density at radius 3 is 2.76 bits per heavy atom. The van der Waals surface area contributed by atoms with Gasteiger partial charge in [0.25, 0.3) is 6.01 Å². The number of hydrogen-bond acceptors (Lipinski definition) is 9. The van der Waals surface area contributed by atoms with Crippen LogP contribution in [0.4, 0.5) is 11.8 Å². The molecule has 0 saturated carbocycles. The van der Waals surface area contributed by atoms with Crippen LogP contribution in [0.25, 0.3) is 38.8 Å². The van der Waals surface area contributed by atoms with E-state index in [9.17, 15) is 0 Å². The van der Waals surface area contributed by atoms with E-state index in [-0.39, 0.29) is 12.1 Å². The van der Waals surface area contributed by atoms with Crippen LogP contribution in [-0.2, 0) is 6.54 Å². The Hall–Kier alpha value is -4.57. The quantitative estimate of drug-likeness (QED) is 0.267. The minimum absolute atomic E-state index is 0.103. The van der Waals surface area contributed by atoms with Crippen molar-refractivity contribution in [2.75, 3.05) is 24.6 Å². The number of pyridine rings is 1. The number of nitrogen functional groups attached to an aromatic ring is 2. The van der Waals surface area contributed by atoms with Crippen LogP contribution in [0.1, 0.15) is 29.7 Å². The zero-order valence-electron chi connectivity index (χ0n) is 21.2.